The lowest BCUT2D eigenvalue weighted by molar-refractivity contribution is 0.0758. The Kier molecular flexibility index (Phi) is 4.91. The maximum Gasteiger partial charge on any atom is 0.257 e. The third-order valence-corrected chi connectivity index (χ3v) is 4.20. The van der Waals surface area contributed by atoms with Crippen molar-refractivity contribution in [1.82, 2.24) is 4.90 Å². The van der Waals surface area contributed by atoms with Crippen LogP contribution in [0.3, 0.4) is 0 Å². The second-order valence-electron chi connectivity index (χ2n) is 4.92. The standard InChI is InChI=1S/C17H18FNOS/c1-4-10-19(11-14-9-8-13(3)21-14)17(20)16-12(2)6-5-7-15(16)18/h4-9H,1,10-11H2,2-3H3. The van der Waals surface area contributed by atoms with Crippen LogP contribution in [0.1, 0.15) is 25.7 Å². The molecule has 0 bridgehead atoms. The first-order chi connectivity index (χ1) is 10.0. The molecule has 0 saturated carbocycles. The van der Waals surface area contributed by atoms with Gasteiger partial charge in [0, 0.05) is 16.3 Å². The maximum atomic E-state index is 14.0. The van der Waals surface area contributed by atoms with E-state index in [0.717, 1.165) is 4.88 Å². The number of thiophene rings is 1. The molecule has 1 aromatic carbocycles. The Morgan fingerprint density at radius 1 is 1.33 bits per heavy atom. The van der Waals surface area contributed by atoms with Crippen LogP contribution in [0.5, 0.6) is 0 Å². The van der Waals surface area contributed by atoms with Crippen molar-refractivity contribution in [2.75, 3.05) is 6.54 Å². The van der Waals surface area contributed by atoms with Crippen molar-refractivity contribution in [2.24, 2.45) is 0 Å². The molecule has 0 unspecified atom stereocenters. The molecule has 0 atom stereocenters. The van der Waals surface area contributed by atoms with Crippen LogP contribution in [-0.4, -0.2) is 17.4 Å². The van der Waals surface area contributed by atoms with Gasteiger partial charge in [-0.25, -0.2) is 4.39 Å². The molecule has 0 aliphatic rings. The highest BCUT2D eigenvalue weighted by atomic mass is 32.1. The highest BCUT2D eigenvalue weighted by Gasteiger charge is 2.21. The molecule has 0 fully saturated rings. The minimum Gasteiger partial charge on any atom is -0.330 e. The zero-order chi connectivity index (χ0) is 15.4. The predicted octanol–water partition coefficient (Wildman–Crippen LogP) is 4.33. The lowest BCUT2D eigenvalue weighted by Gasteiger charge is -2.21. The third-order valence-electron chi connectivity index (χ3n) is 3.22. The zero-order valence-electron chi connectivity index (χ0n) is 12.2. The number of halogens is 1. The van der Waals surface area contributed by atoms with Crippen molar-refractivity contribution in [1.29, 1.82) is 0 Å². The van der Waals surface area contributed by atoms with Gasteiger partial charge < -0.3 is 4.90 Å². The first kappa shape index (κ1) is 15.4. The van der Waals surface area contributed by atoms with Crippen LogP contribution < -0.4 is 0 Å². The number of amides is 1. The van der Waals surface area contributed by atoms with Crippen molar-refractivity contribution in [3.63, 3.8) is 0 Å². The Balaban J connectivity index is 2.29. The molecule has 0 saturated heterocycles. The van der Waals surface area contributed by atoms with Crippen LogP contribution >= 0.6 is 11.3 Å². The summed E-state index contributed by atoms with van der Waals surface area (Å²) in [6.45, 7) is 8.32. The smallest absolute Gasteiger partial charge is 0.257 e. The topological polar surface area (TPSA) is 20.3 Å². The van der Waals surface area contributed by atoms with Gasteiger partial charge in [-0.3, -0.25) is 4.79 Å². The molecule has 0 N–H and O–H groups in total. The van der Waals surface area contributed by atoms with Crippen molar-refractivity contribution in [3.8, 4) is 0 Å². The van der Waals surface area contributed by atoms with Crippen molar-refractivity contribution in [3.05, 3.63) is 69.7 Å². The van der Waals surface area contributed by atoms with Gasteiger partial charge in [0.15, 0.2) is 0 Å². The van der Waals surface area contributed by atoms with Crippen LogP contribution in [0.2, 0.25) is 0 Å². The Bertz CT molecular complexity index is 642. The number of rotatable bonds is 5. The molecule has 0 radical (unpaired) electrons. The highest BCUT2D eigenvalue weighted by molar-refractivity contribution is 7.11. The van der Waals surface area contributed by atoms with Gasteiger partial charge in [-0.1, -0.05) is 18.2 Å². The average molecular weight is 303 g/mol. The van der Waals surface area contributed by atoms with Gasteiger partial charge in [0.1, 0.15) is 5.82 Å². The summed E-state index contributed by atoms with van der Waals surface area (Å²) in [6, 6.07) is 8.70. The first-order valence-electron chi connectivity index (χ1n) is 6.73. The summed E-state index contributed by atoms with van der Waals surface area (Å²) in [5.41, 5.74) is 0.795. The molecular formula is C17H18FNOS. The summed E-state index contributed by atoms with van der Waals surface area (Å²) in [5, 5.41) is 0. The number of benzene rings is 1. The Hall–Kier alpha value is -1.94. The molecule has 2 rings (SSSR count). The molecule has 2 aromatic rings. The Morgan fingerprint density at radius 3 is 2.67 bits per heavy atom. The molecule has 0 aliphatic heterocycles. The summed E-state index contributed by atoms with van der Waals surface area (Å²) < 4.78 is 14.0. The number of hydrogen-bond donors (Lipinski definition) is 0. The van der Waals surface area contributed by atoms with E-state index >= 15 is 0 Å². The van der Waals surface area contributed by atoms with E-state index in [1.165, 1.54) is 10.9 Å². The zero-order valence-corrected chi connectivity index (χ0v) is 13.0. The van der Waals surface area contributed by atoms with E-state index in [4.69, 9.17) is 0 Å². The van der Waals surface area contributed by atoms with E-state index in [1.807, 2.05) is 19.1 Å². The number of carbonyl (C=O) groups is 1. The van der Waals surface area contributed by atoms with E-state index in [9.17, 15) is 9.18 Å². The van der Waals surface area contributed by atoms with E-state index in [-0.39, 0.29) is 11.5 Å². The molecule has 0 spiro atoms. The number of nitrogens with zero attached hydrogens (tertiary/aromatic N) is 1. The SMILES string of the molecule is C=CCN(Cc1ccc(C)s1)C(=O)c1c(C)cccc1F. The molecule has 110 valence electrons. The van der Waals surface area contributed by atoms with Gasteiger partial charge in [-0.2, -0.15) is 0 Å². The third kappa shape index (κ3) is 3.58. The average Bonchev–Trinajstić information content (AvgIpc) is 2.83. The van der Waals surface area contributed by atoms with Gasteiger partial charge in [-0.05, 0) is 37.6 Å². The summed E-state index contributed by atoms with van der Waals surface area (Å²) in [6.07, 6.45) is 1.66. The summed E-state index contributed by atoms with van der Waals surface area (Å²) in [7, 11) is 0. The second kappa shape index (κ2) is 6.68. The van der Waals surface area contributed by atoms with Gasteiger partial charge in [0.2, 0.25) is 0 Å². The second-order valence-corrected chi connectivity index (χ2v) is 6.29. The maximum absolute atomic E-state index is 14.0. The predicted molar refractivity (Wildman–Crippen MR) is 85.1 cm³/mol. The van der Waals surface area contributed by atoms with Crippen molar-refractivity contribution in [2.45, 2.75) is 20.4 Å². The van der Waals surface area contributed by atoms with E-state index in [2.05, 4.69) is 6.58 Å². The molecule has 1 aromatic heterocycles. The van der Waals surface area contributed by atoms with Crippen LogP contribution in [0.15, 0.2) is 43.0 Å². The van der Waals surface area contributed by atoms with Gasteiger partial charge in [-0.15, -0.1) is 17.9 Å². The fourth-order valence-corrected chi connectivity index (χ4v) is 3.10. The lowest BCUT2D eigenvalue weighted by atomic mass is 10.1. The monoisotopic (exact) mass is 303 g/mol. The minimum atomic E-state index is -0.476. The quantitative estimate of drug-likeness (QED) is 0.753. The van der Waals surface area contributed by atoms with E-state index < -0.39 is 5.82 Å². The number of hydrogen-bond acceptors (Lipinski definition) is 2. The molecule has 1 amide bonds. The summed E-state index contributed by atoms with van der Waals surface area (Å²) in [5.74, 6) is -0.770. The van der Waals surface area contributed by atoms with Crippen molar-refractivity contribution >= 4 is 17.2 Å². The van der Waals surface area contributed by atoms with Gasteiger partial charge >= 0.3 is 0 Å². The lowest BCUT2D eigenvalue weighted by Crippen LogP contribution is -2.31. The van der Waals surface area contributed by atoms with Crippen LogP contribution in [0.25, 0.3) is 0 Å². The summed E-state index contributed by atoms with van der Waals surface area (Å²) >= 11 is 1.64. The molecule has 0 aliphatic carbocycles. The van der Waals surface area contributed by atoms with Gasteiger partial charge in [0.05, 0.1) is 12.1 Å². The van der Waals surface area contributed by atoms with E-state index in [1.54, 1.807) is 41.4 Å². The number of aryl methyl sites for hydroxylation is 2. The summed E-state index contributed by atoms with van der Waals surface area (Å²) in [4.78, 5) is 16.5. The molecule has 4 heteroatoms. The molecule has 1 heterocycles. The Morgan fingerprint density at radius 2 is 2.10 bits per heavy atom. The fourth-order valence-electron chi connectivity index (χ4n) is 2.19. The normalized spacial score (nSPS) is 10.4. The highest BCUT2D eigenvalue weighted by Crippen LogP contribution is 2.20. The minimum absolute atomic E-state index is 0.146. The van der Waals surface area contributed by atoms with Crippen LogP contribution in [-0.2, 0) is 6.54 Å². The first-order valence-corrected chi connectivity index (χ1v) is 7.55. The largest absolute Gasteiger partial charge is 0.330 e. The van der Waals surface area contributed by atoms with Crippen molar-refractivity contribution < 1.29 is 9.18 Å². The number of carbonyl (C=O) groups excluding carboxylic acids is 1. The molecule has 2 nitrogen and oxygen atoms in total. The van der Waals surface area contributed by atoms with E-state index in [0.29, 0.717) is 18.7 Å². The fraction of sp³-hybridized carbons (Fsp3) is 0.235. The van der Waals surface area contributed by atoms with Gasteiger partial charge in [0.25, 0.3) is 5.91 Å². The molecule has 21 heavy (non-hydrogen) atoms. The Labute approximate surface area is 128 Å². The molecular weight excluding hydrogens is 285 g/mol. The van der Waals surface area contributed by atoms with Crippen LogP contribution in [0.4, 0.5) is 4.39 Å². The van der Waals surface area contributed by atoms with Crippen LogP contribution in [0, 0.1) is 19.7 Å².